The minimum Gasteiger partial charge on any atom is -0.508 e. The molecule has 1 aliphatic carbocycles. The van der Waals surface area contributed by atoms with Crippen LogP contribution < -0.4 is 5.32 Å². The molecular formula is C15H14BrNO. The molecule has 0 saturated carbocycles. The predicted octanol–water partition coefficient (Wildman–Crippen LogP) is 4.25. The molecule has 0 heterocycles. The van der Waals surface area contributed by atoms with Crippen LogP contribution in [0.25, 0.3) is 0 Å². The number of anilines is 1. The zero-order chi connectivity index (χ0) is 12.5. The summed E-state index contributed by atoms with van der Waals surface area (Å²) in [6.07, 6.45) is 2.18. The van der Waals surface area contributed by atoms with Crippen LogP contribution >= 0.6 is 15.9 Å². The molecule has 0 radical (unpaired) electrons. The molecule has 2 aromatic carbocycles. The summed E-state index contributed by atoms with van der Waals surface area (Å²) in [4.78, 5) is 0. The van der Waals surface area contributed by atoms with Crippen molar-refractivity contribution in [3.8, 4) is 5.75 Å². The molecular weight excluding hydrogens is 290 g/mol. The Kier molecular flexibility index (Phi) is 3.00. The van der Waals surface area contributed by atoms with Crippen molar-refractivity contribution in [2.45, 2.75) is 18.9 Å². The largest absolute Gasteiger partial charge is 0.508 e. The van der Waals surface area contributed by atoms with Crippen molar-refractivity contribution in [2.24, 2.45) is 0 Å². The summed E-state index contributed by atoms with van der Waals surface area (Å²) >= 11 is 3.60. The van der Waals surface area contributed by atoms with E-state index in [1.54, 1.807) is 12.1 Å². The van der Waals surface area contributed by atoms with Crippen molar-refractivity contribution in [1.82, 2.24) is 0 Å². The molecule has 1 unspecified atom stereocenters. The molecule has 1 aliphatic rings. The molecule has 0 amide bonds. The van der Waals surface area contributed by atoms with E-state index in [2.05, 4.69) is 39.4 Å². The van der Waals surface area contributed by atoms with Crippen LogP contribution in [0.3, 0.4) is 0 Å². The number of nitrogens with one attached hydrogen (secondary N) is 1. The zero-order valence-corrected chi connectivity index (χ0v) is 11.4. The standard InChI is InChI=1S/C15H14BrNO/c16-14-6-2-5-13-12(14)7-8-15(13)17-10-3-1-4-11(18)9-10/h1-6,9,15,17-18H,7-8H2. The van der Waals surface area contributed by atoms with E-state index >= 15 is 0 Å². The van der Waals surface area contributed by atoms with Gasteiger partial charge in [0.05, 0.1) is 6.04 Å². The Balaban J connectivity index is 1.87. The molecule has 2 aromatic rings. The first-order chi connectivity index (χ1) is 8.74. The molecule has 3 rings (SSSR count). The minimum absolute atomic E-state index is 0.299. The van der Waals surface area contributed by atoms with Crippen LogP contribution in [0.2, 0.25) is 0 Å². The predicted molar refractivity (Wildman–Crippen MR) is 76.9 cm³/mol. The number of hydrogen-bond donors (Lipinski definition) is 2. The molecule has 0 bridgehead atoms. The Morgan fingerprint density at radius 1 is 1.17 bits per heavy atom. The lowest BCUT2D eigenvalue weighted by molar-refractivity contribution is 0.475. The average molecular weight is 304 g/mol. The van der Waals surface area contributed by atoms with Crippen LogP contribution in [0.5, 0.6) is 5.75 Å². The third kappa shape index (κ3) is 2.10. The number of hydrogen-bond acceptors (Lipinski definition) is 2. The van der Waals surface area contributed by atoms with Gasteiger partial charge in [0, 0.05) is 16.2 Å². The van der Waals surface area contributed by atoms with Crippen LogP contribution in [0.1, 0.15) is 23.6 Å². The van der Waals surface area contributed by atoms with Crippen molar-refractivity contribution in [1.29, 1.82) is 0 Å². The number of halogens is 1. The van der Waals surface area contributed by atoms with Crippen LogP contribution in [0.15, 0.2) is 46.9 Å². The fourth-order valence-electron chi connectivity index (χ4n) is 2.56. The van der Waals surface area contributed by atoms with Crippen molar-refractivity contribution < 1.29 is 5.11 Å². The molecule has 18 heavy (non-hydrogen) atoms. The first kappa shape index (κ1) is 11.6. The van der Waals surface area contributed by atoms with Gasteiger partial charge >= 0.3 is 0 Å². The molecule has 1 atom stereocenters. The Morgan fingerprint density at radius 2 is 2.00 bits per heavy atom. The third-order valence-electron chi connectivity index (χ3n) is 3.40. The number of fused-ring (bicyclic) bond motifs is 1. The van der Waals surface area contributed by atoms with Crippen LogP contribution in [0.4, 0.5) is 5.69 Å². The summed E-state index contributed by atoms with van der Waals surface area (Å²) in [5.74, 6) is 0.299. The van der Waals surface area contributed by atoms with Gasteiger partial charge in [-0.05, 0) is 42.2 Å². The van der Waals surface area contributed by atoms with Crippen molar-refractivity contribution in [2.75, 3.05) is 5.32 Å². The Bertz CT molecular complexity index is 582. The summed E-state index contributed by atoms with van der Waals surface area (Å²) in [6, 6.07) is 14.0. The first-order valence-electron chi connectivity index (χ1n) is 6.07. The van der Waals surface area contributed by atoms with Gasteiger partial charge in [-0.25, -0.2) is 0 Å². The van der Waals surface area contributed by atoms with Gasteiger partial charge in [-0.1, -0.05) is 34.1 Å². The van der Waals surface area contributed by atoms with E-state index in [0.29, 0.717) is 11.8 Å². The highest BCUT2D eigenvalue weighted by atomic mass is 79.9. The maximum atomic E-state index is 9.48. The highest BCUT2D eigenvalue weighted by molar-refractivity contribution is 9.10. The van der Waals surface area contributed by atoms with E-state index in [0.717, 1.165) is 18.5 Å². The number of rotatable bonds is 2. The molecule has 0 saturated heterocycles. The smallest absolute Gasteiger partial charge is 0.117 e. The van der Waals surface area contributed by atoms with Gasteiger partial charge in [-0.15, -0.1) is 0 Å². The highest BCUT2D eigenvalue weighted by Gasteiger charge is 2.23. The van der Waals surface area contributed by atoms with Gasteiger partial charge < -0.3 is 10.4 Å². The lowest BCUT2D eigenvalue weighted by Gasteiger charge is -2.15. The van der Waals surface area contributed by atoms with E-state index in [1.807, 2.05) is 12.1 Å². The first-order valence-corrected chi connectivity index (χ1v) is 6.86. The van der Waals surface area contributed by atoms with Crippen molar-refractivity contribution in [3.63, 3.8) is 0 Å². The number of aromatic hydroxyl groups is 1. The number of phenolic OH excluding ortho intramolecular Hbond substituents is 1. The summed E-state index contributed by atoms with van der Waals surface area (Å²) in [5.41, 5.74) is 3.72. The Morgan fingerprint density at radius 3 is 2.83 bits per heavy atom. The summed E-state index contributed by atoms with van der Waals surface area (Å²) in [7, 11) is 0. The second-order valence-electron chi connectivity index (χ2n) is 4.59. The second kappa shape index (κ2) is 4.65. The van der Waals surface area contributed by atoms with Crippen LogP contribution in [-0.2, 0) is 6.42 Å². The van der Waals surface area contributed by atoms with E-state index in [1.165, 1.54) is 15.6 Å². The fraction of sp³-hybridized carbons (Fsp3) is 0.200. The number of phenols is 1. The van der Waals surface area contributed by atoms with Gasteiger partial charge in [0.1, 0.15) is 5.75 Å². The Hall–Kier alpha value is -1.48. The van der Waals surface area contributed by atoms with E-state index in [-0.39, 0.29) is 0 Å². The molecule has 0 aliphatic heterocycles. The second-order valence-corrected chi connectivity index (χ2v) is 5.45. The SMILES string of the molecule is Oc1cccc(NC2CCc3c(Br)cccc32)c1. The number of benzene rings is 2. The Labute approximate surface area is 115 Å². The monoisotopic (exact) mass is 303 g/mol. The van der Waals surface area contributed by atoms with E-state index in [4.69, 9.17) is 0 Å². The summed E-state index contributed by atoms with van der Waals surface area (Å²) < 4.78 is 1.19. The van der Waals surface area contributed by atoms with Gasteiger partial charge in [0.15, 0.2) is 0 Å². The summed E-state index contributed by atoms with van der Waals surface area (Å²) in [5, 5.41) is 13.0. The summed E-state index contributed by atoms with van der Waals surface area (Å²) in [6.45, 7) is 0. The van der Waals surface area contributed by atoms with Crippen molar-refractivity contribution in [3.05, 3.63) is 58.1 Å². The normalized spacial score (nSPS) is 17.5. The van der Waals surface area contributed by atoms with Crippen LogP contribution in [0, 0.1) is 0 Å². The van der Waals surface area contributed by atoms with Crippen molar-refractivity contribution >= 4 is 21.6 Å². The van der Waals surface area contributed by atoms with Gasteiger partial charge in [0.2, 0.25) is 0 Å². The van der Waals surface area contributed by atoms with E-state index < -0.39 is 0 Å². The molecule has 0 aromatic heterocycles. The average Bonchev–Trinajstić information content (AvgIpc) is 2.74. The lowest BCUT2D eigenvalue weighted by Crippen LogP contribution is -2.06. The third-order valence-corrected chi connectivity index (χ3v) is 4.14. The highest BCUT2D eigenvalue weighted by Crippen LogP contribution is 2.37. The van der Waals surface area contributed by atoms with Gasteiger partial charge in [-0.2, -0.15) is 0 Å². The topological polar surface area (TPSA) is 32.3 Å². The zero-order valence-electron chi connectivity index (χ0n) is 9.86. The van der Waals surface area contributed by atoms with Gasteiger partial charge in [-0.3, -0.25) is 0 Å². The molecule has 2 N–H and O–H groups in total. The molecule has 2 nitrogen and oxygen atoms in total. The molecule has 92 valence electrons. The maximum Gasteiger partial charge on any atom is 0.117 e. The maximum absolute atomic E-state index is 9.48. The molecule has 0 fully saturated rings. The fourth-order valence-corrected chi connectivity index (χ4v) is 3.14. The molecule has 3 heteroatoms. The molecule has 0 spiro atoms. The lowest BCUT2D eigenvalue weighted by atomic mass is 10.1. The van der Waals surface area contributed by atoms with Gasteiger partial charge in [0.25, 0.3) is 0 Å². The van der Waals surface area contributed by atoms with Crippen LogP contribution in [-0.4, -0.2) is 5.11 Å². The van der Waals surface area contributed by atoms with E-state index in [9.17, 15) is 5.11 Å². The quantitative estimate of drug-likeness (QED) is 0.869. The minimum atomic E-state index is 0.299.